The minimum atomic E-state index is -0.247. The molecule has 96 valence electrons. The lowest BCUT2D eigenvalue weighted by molar-refractivity contribution is 0.0958. The Hall–Kier alpha value is -1.86. The van der Waals surface area contributed by atoms with Crippen LogP contribution in [0.2, 0.25) is 5.02 Å². The number of ketones is 1. The van der Waals surface area contributed by atoms with Gasteiger partial charge in [0.1, 0.15) is 0 Å². The minimum absolute atomic E-state index is 0.0838. The number of hydrogen-bond acceptors (Lipinski definition) is 1. The second kappa shape index (κ2) is 5.85. The fraction of sp³-hybridized carbons (Fsp3) is 0.118. The number of carbonyl (C=O) groups is 1. The van der Waals surface area contributed by atoms with Crippen molar-refractivity contribution in [2.75, 3.05) is 0 Å². The number of hydrogen-bond donors (Lipinski definition) is 0. The largest absolute Gasteiger partial charge is 0.294 e. The Bertz CT molecular complexity index is 584. The van der Waals surface area contributed by atoms with Gasteiger partial charge in [-0.15, -0.1) is 0 Å². The topological polar surface area (TPSA) is 17.1 Å². The summed E-state index contributed by atoms with van der Waals surface area (Å²) >= 11 is 5.86. The van der Waals surface area contributed by atoms with Gasteiger partial charge in [0.25, 0.3) is 0 Å². The van der Waals surface area contributed by atoms with Gasteiger partial charge >= 0.3 is 0 Å². The Labute approximate surface area is 118 Å². The summed E-state index contributed by atoms with van der Waals surface area (Å²) in [5.74, 6) is -0.163. The summed E-state index contributed by atoms with van der Waals surface area (Å²) in [6, 6.07) is 16.7. The second-order valence-corrected chi connectivity index (χ2v) is 4.92. The van der Waals surface area contributed by atoms with Crippen molar-refractivity contribution in [1.82, 2.24) is 0 Å². The van der Waals surface area contributed by atoms with Crippen molar-refractivity contribution >= 4 is 23.0 Å². The maximum absolute atomic E-state index is 12.3. The summed E-state index contributed by atoms with van der Waals surface area (Å²) < 4.78 is 0. The van der Waals surface area contributed by atoms with Crippen LogP contribution in [0.25, 0.3) is 5.57 Å². The zero-order valence-electron chi connectivity index (χ0n) is 10.8. The Balaban J connectivity index is 2.20. The van der Waals surface area contributed by atoms with Crippen molar-refractivity contribution in [3.63, 3.8) is 0 Å². The molecule has 0 saturated heterocycles. The molecule has 0 bridgehead atoms. The van der Waals surface area contributed by atoms with Crippen LogP contribution in [0.1, 0.15) is 22.8 Å². The molecule has 2 rings (SSSR count). The van der Waals surface area contributed by atoms with Gasteiger partial charge in [-0.1, -0.05) is 67.6 Å². The summed E-state index contributed by atoms with van der Waals surface area (Å²) in [5.41, 5.74) is 2.47. The molecule has 0 saturated carbocycles. The Morgan fingerprint density at radius 2 is 1.58 bits per heavy atom. The zero-order valence-corrected chi connectivity index (χ0v) is 11.5. The van der Waals surface area contributed by atoms with E-state index in [9.17, 15) is 4.79 Å². The van der Waals surface area contributed by atoms with Crippen LogP contribution in [-0.2, 0) is 0 Å². The molecule has 19 heavy (non-hydrogen) atoms. The van der Waals surface area contributed by atoms with E-state index in [2.05, 4.69) is 6.58 Å². The van der Waals surface area contributed by atoms with E-state index in [-0.39, 0.29) is 11.7 Å². The number of Topliss-reactive ketones (excluding diaryl/α,β-unsaturated/α-hetero) is 1. The Morgan fingerprint density at radius 3 is 2.16 bits per heavy atom. The first-order chi connectivity index (χ1) is 9.09. The molecule has 0 heterocycles. The average molecular weight is 271 g/mol. The third kappa shape index (κ3) is 3.12. The normalized spacial score (nSPS) is 11.9. The molecule has 2 aromatic rings. The van der Waals surface area contributed by atoms with E-state index >= 15 is 0 Å². The highest BCUT2D eigenvalue weighted by Crippen LogP contribution is 2.25. The van der Waals surface area contributed by atoms with E-state index in [0.29, 0.717) is 10.6 Å². The molecule has 2 aromatic carbocycles. The lowest BCUT2D eigenvalue weighted by Crippen LogP contribution is -2.12. The van der Waals surface area contributed by atoms with E-state index in [1.807, 2.05) is 61.5 Å². The molecular formula is C17H15ClO. The predicted molar refractivity (Wildman–Crippen MR) is 80.4 cm³/mol. The number of carbonyl (C=O) groups excluding carboxylic acids is 1. The maximum atomic E-state index is 12.3. The summed E-state index contributed by atoms with van der Waals surface area (Å²) in [4.78, 5) is 12.3. The van der Waals surface area contributed by atoms with Crippen LogP contribution in [0.4, 0.5) is 0 Å². The molecule has 0 aliphatic carbocycles. The minimum Gasteiger partial charge on any atom is -0.294 e. The molecule has 0 aliphatic rings. The fourth-order valence-electron chi connectivity index (χ4n) is 1.92. The number of allylic oxidation sites excluding steroid dienone is 1. The lowest BCUT2D eigenvalue weighted by atomic mass is 9.89. The highest BCUT2D eigenvalue weighted by atomic mass is 35.5. The first kappa shape index (κ1) is 13.6. The molecule has 0 aromatic heterocycles. The number of halogens is 1. The third-order valence-electron chi connectivity index (χ3n) is 3.19. The smallest absolute Gasteiger partial charge is 0.170 e. The van der Waals surface area contributed by atoms with E-state index in [1.54, 1.807) is 0 Å². The van der Waals surface area contributed by atoms with Gasteiger partial charge in [-0.25, -0.2) is 0 Å². The Kier molecular flexibility index (Phi) is 4.18. The van der Waals surface area contributed by atoms with Crippen LogP contribution in [0.3, 0.4) is 0 Å². The van der Waals surface area contributed by atoms with Crippen molar-refractivity contribution in [2.45, 2.75) is 6.92 Å². The van der Waals surface area contributed by atoms with Gasteiger partial charge in [-0.05, 0) is 23.3 Å². The molecule has 1 atom stereocenters. The molecular weight excluding hydrogens is 256 g/mol. The first-order valence-corrected chi connectivity index (χ1v) is 6.51. The van der Waals surface area contributed by atoms with E-state index < -0.39 is 0 Å². The van der Waals surface area contributed by atoms with Crippen molar-refractivity contribution in [2.24, 2.45) is 5.92 Å². The molecule has 0 aliphatic heterocycles. The van der Waals surface area contributed by atoms with E-state index in [4.69, 9.17) is 11.6 Å². The molecule has 1 nitrogen and oxygen atoms in total. The van der Waals surface area contributed by atoms with Gasteiger partial charge in [0.2, 0.25) is 0 Å². The number of rotatable bonds is 4. The maximum Gasteiger partial charge on any atom is 0.170 e. The van der Waals surface area contributed by atoms with Crippen LogP contribution in [-0.4, -0.2) is 5.78 Å². The highest BCUT2D eigenvalue weighted by molar-refractivity contribution is 6.30. The third-order valence-corrected chi connectivity index (χ3v) is 3.44. The quantitative estimate of drug-likeness (QED) is 0.724. The molecule has 0 spiro atoms. The van der Waals surface area contributed by atoms with Crippen LogP contribution < -0.4 is 0 Å². The van der Waals surface area contributed by atoms with Crippen molar-refractivity contribution in [3.05, 3.63) is 77.3 Å². The van der Waals surface area contributed by atoms with Crippen molar-refractivity contribution in [1.29, 1.82) is 0 Å². The fourth-order valence-corrected chi connectivity index (χ4v) is 2.05. The van der Waals surface area contributed by atoms with Crippen LogP contribution >= 0.6 is 11.6 Å². The van der Waals surface area contributed by atoms with Crippen LogP contribution in [0.15, 0.2) is 61.2 Å². The molecule has 0 amide bonds. The van der Waals surface area contributed by atoms with Gasteiger partial charge in [0.15, 0.2) is 5.78 Å². The highest BCUT2D eigenvalue weighted by Gasteiger charge is 2.18. The van der Waals surface area contributed by atoms with Gasteiger partial charge in [-0.2, -0.15) is 0 Å². The molecule has 2 heteroatoms. The van der Waals surface area contributed by atoms with Crippen LogP contribution in [0.5, 0.6) is 0 Å². The van der Waals surface area contributed by atoms with Gasteiger partial charge in [0.05, 0.1) is 0 Å². The van der Waals surface area contributed by atoms with Crippen molar-refractivity contribution in [3.8, 4) is 0 Å². The summed E-state index contributed by atoms with van der Waals surface area (Å²) in [7, 11) is 0. The zero-order chi connectivity index (χ0) is 13.8. The summed E-state index contributed by atoms with van der Waals surface area (Å²) in [6.07, 6.45) is 0. The SMILES string of the molecule is C=C(c1ccc(Cl)cc1)C(C)C(=O)c1ccccc1. The standard InChI is InChI=1S/C17H15ClO/c1-12(14-8-10-16(18)11-9-14)13(2)17(19)15-6-4-3-5-7-15/h3-11,13H,1H2,2H3. The van der Waals surface area contributed by atoms with Crippen molar-refractivity contribution < 1.29 is 4.79 Å². The summed E-state index contributed by atoms with van der Waals surface area (Å²) in [6.45, 7) is 5.92. The Morgan fingerprint density at radius 1 is 1.00 bits per heavy atom. The van der Waals surface area contributed by atoms with E-state index in [0.717, 1.165) is 11.1 Å². The second-order valence-electron chi connectivity index (χ2n) is 4.48. The van der Waals surface area contributed by atoms with Gasteiger partial charge in [-0.3, -0.25) is 4.79 Å². The molecule has 0 radical (unpaired) electrons. The van der Waals surface area contributed by atoms with Gasteiger partial charge in [0, 0.05) is 16.5 Å². The predicted octanol–water partition coefficient (Wildman–Crippen LogP) is 4.87. The average Bonchev–Trinajstić information content (AvgIpc) is 2.46. The molecule has 0 N–H and O–H groups in total. The monoisotopic (exact) mass is 270 g/mol. The first-order valence-electron chi connectivity index (χ1n) is 6.13. The van der Waals surface area contributed by atoms with Gasteiger partial charge < -0.3 is 0 Å². The number of benzene rings is 2. The molecule has 1 unspecified atom stereocenters. The van der Waals surface area contributed by atoms with E-state index in [1.165, 1.54) is 0 Å². The van der Waals surface area contributed by atoms with Crippen LogP contribution in [0, 0.1) is 5.92 Å². The lowest BCUT2D eigenvalue weighted by Gasteiger charge is -2.14. The molecule has 0 fully saturated rings. The summed E-state index contributed by atoms with van der Waals surface area (Å²) in [5, 5.41) is 0.679.